The highest BCUT2D eigenvalue weighted by Gasteiger charge is 2.33. The summed E-state index contributed by atoms with van der Waals surface area (Å²) in [5.41, 5.74) is 0.657. The van der Waals surface area contributed by atoms with E-state index in [9.17, 15) is 9.90 Å². The molecule has 1 unspecified atom stereocenters. The average molecular weight is 181 g/mol. The number of hydrogen-bond donors (Lipinski definition) is 2. The summed E-state index contributed by atoms with van der Waals surface area (Å²) >= 11 is 0. The third-order valence-electron chi connectivity index (χ3n) is 2.63. The number of carboxylic acid groups (broad SMARTS) is 1. The van der Waals surface area contributed by atoms with Gasteiger partial charge < -0.3 is 10.2 Å². The van der Waals surface area contributed by atoms with Crippen LogP contribution in [0.15, 0.2) is 16.3 Å². The van der Waals surface area contributed by atoms with Gasteiger partial charge in [-0.3, -0.25) is 4.99 Å². The molecule has 2 N–H and O–H groups in total. The molecule has 0 aromatic carbocycles. The number of aliphatic carboxylic acids is 1. The van der Waals surface area contributed by atoms with Crippen LogP contribution < -0.4 is 0 Å². The summed E-state index contributed by atoms with van der Waals surface area (Å²) in [5, 5.41) is 18.3. The van der Waals surface area contributed by atoms with Crippen molar-refractivity contribution in [2.24, 2.45) is 10.9 Å². The van der Waals surface area contributed by atoms with Gasteiger partial charge in [0.25, 0.3) is 0 Å². The number of carboxylic acids is 1. The number of rotatable bonds is 1. The molecule has 0 saturated heterocycles. The number of allylic oxidation sites excluding steroid dienone is 1. The maximum atomic E-state index is 10.8. The molecule has 1 atom stereocenters. The number of fused-ring (bicyclic) bond motifs is 1. The van der Waals surface area contributed by atoms with E-state index in [1.807, 2.05) is 0 Å². The second kappa shape index (κ2) is 2.87. The molecule has 4 heteroatoms. The van der Waals surface area contributed by atoms with E-state index in [0.29, 0.717) is 18.7 Å². The molecule has 1 aliphatic carbocycles. The summed E-state index contributed by atoms with van der Waals surface area (Å²) in [5.74, 6) is -0.797. The molecule has 2 aliphatic rings. The second-order valence-corrected chi connectivity index (χ2v) is 3.42. The normalized spacial score (nSPS) is 27.1. The summed E-state index contributed by atoms with van der Waals surface area (Å²) in [4.78, 5) is 14.9. The number of aliphatic hydroxyl groups excluding tert-OH is 1. The first kappa shape index (κ1) is 8.29. The van der Waals surface area contributed by atoms with E-state index in [0.717, 1.165) is 12.8 Å². The van der Waals surface area contributed by atoms with Crippen molar-refractivity contribution < 1.29 is 15.0 Å². The molecule has 0 fully saturated rings. The topological polar surface area (TPSA) is 69.9 Å². The van der Waals surface area contributed by atoms with E-state index in [-0.39, 0.29) is 17.3 Å². The Morgan fingerprint density at radius 2 is 2.23 bits per heavy atom. The Bertz CT molecular complexity index is 317. The summed E-state index contributed by atoms with van der Waals surface area (Å²) < 4.78 is 0. The number of hydrogen-bond acceptors (Lipinski definition) is 3. The van der Waals surface area contributed by atoms with Gasteiger partial charge >= 0.3 is 5.97 Å². The molecule has 0 aromatic rings. The molecule has 2 rings (SSSR count). The summed E-state index contributed by atoms with van der Waals surface area (Å²) in [7, 11) is 0. The fourth-order valence-electron chi connectivity index (χ4n) is 1.99. The molecule has 0 radical (unpaired) electrons. The van der Waals surface area contributed by atoms with Gasteiger partial charge in [-0.05, 0) is 12.8 Å². The molecule has 0 spiro atoms. The van der Waals surface area contributed by atoms with Gasteiger partial charge in [0.2, 0.25) is 0 Å². The fourth-order valence-corrected chi connectivity index (χ4v) is 1.99. The second-order valence-electron chi connectivity index (χ2n) is 3.42. The number of aliphatic imine (C=N–C) groups is 1. The third-order valence-corrected chi connectivity index (χ3v) is 2.63. The zero-order valence-corrected chi connectivity index (χ0v) is 7.16. The zero-order chi connectivity index (χ0) is 9.42. The molecular formula is C9H11NO3. The molecule has 70 valence electrons. The largest absolute Gasteiger partial charge is 0.511 e. The van der Waals surface area contributed by atoms with Crippen LogP contribution in [0.5, 0.6) is 0 Å². The van der Waals surface area contributed by atoms with Gasteiger partial charge in [-0.15, -0.1) is 0 Å². The van der Waals surface area contributed by atoms with Crippen LogP contribution in [0.3, 0.4) is 0 Å². The lowest BCUT2D eigenvalue weighted by Gasteiger charge is -2.19. The lowest BCUT2D eigenvalue weighted by atomic mass is 9.85. The van der Waals surface area contributed by atoms with Crippen LogP contribution in [-0.4, -0.2) is 28.4 Å². The smallest absolute Gasteiger partial charge is 0.340 e. The molecule has 4 nitrogen and oxygen atoms in total. The van der Waals surface area contributed by atoms with Crippen LogP contribution >= 0.6 is 0 Å². The highest BCUT2D eigenvalue weighted by Crippen LogP contribution is 2.31. The molecule has 0 saturated carbocycles. The Morgan fingerprint density at radius 1 is 1.46 bits per heavy atom. The van der Waals surface area contributed by atoms with Crippen LogP contribution in [0.4, 0.5) is 0 Å². The lowest BCUT2D eigenvalue weighted by molar-refractivity contribution is -0.132. The highest BCUT2D eigenvalue weighted by molar-refractivity contribution is 6.21. The number of carbonyl (C=O) groups is 1. The maximum absolute atomic E-state index is 10.8. The van der Waals surface area contributed by atoms with Crippen molar-refractivity contribution in [3.8, 4) is 0 Å². The Balaban J connectivity index is 2.42. The molecule has 0 amide bonds. The number of aliphatic hydroxyl groups is 1. The van der Waals surface area contributed by atoms with E-state index in [1.165, 1.54) is 0 Å². The SMILES string of the molecule is O=C(O)C1=C(O)CCC2CCN=C12. The zero-order valence-electron chi connectivity index (χ0n) is 7.16. The van der Waals surface area contributed by atoms with Crippen LogP contribution in [0.2, 0.25) is 0 Å². The van der Waals surface area contributed by atoms with Gasteiger partial charge in [0.1, 0.15) is 11.3 Å². The molecule has 0 bridgehead atoms. The average Bonchev–Trinajstić information content (AvgIpc) is 2.50. The van der Waals surface area contributed by atoms with Crippen molar-refractivity contribution in [3.05, 3.63) is 11.3 Å². The Labute approximate surface area is 75.6 Å². The van der Waals surface area contributed by atoms with E-state index in [4.69, 9.17) is 5.11 Å². The third kappa shape index (κ3) is 1.22. The van der Waals surface area contributed by atoms with Crippen molar-refractivity contribution in [3.63, 3.8) is 0 Å². The first-order valence-corrected chi connectivity index (χ1v) is 4.40. The van der Waals surface area contributed by atoms with Crippen molar-refractivity contribution in [2.75, 3.05) is 6.54 Å². The van der Waals surface area contributed by atoms with Gasteiger partial charge in [0.05, 0.1) is 5.71 Å². The Morgan fingerprint density at radius 3 is 2.92 bits per heavy atom. The molecule has 1 aliphatic heterocycles. The van der Waals surface area contributed by atoms with E-state index in [1.54, 1.807) is 0 Å². The highest BCUT2D eigenvalue weighted by atomic mass is 16.4. The Kier molecular flexibility index (Phi) is 1.83. The van der Waals surface area contributed by atoms with Crippen molar-refractivity contribution in [1.29, 1.82) is 0 Å². The van der Waals surface area contributed by atoms with Gasteiger partial charge in [-0.1, -0.05) is 0 Å². The van der Waals surface area contributed by atoms with Crippen molar-refractivity contribution in [1.82, 2.24) is 0 Å². The van der Waals surface area contributed by atoms with E-state index in [2.05, 4.69) is 4.99 Å². The standard InChI is InChI=1S/C9H11NO3/c11-6-2-1-5-3-4-10-8(5)7(6)9(12)13/h5,11H,1-4H2,(H,12,13). The minimum absolute atomic E-state index is 0.00981. The van der Waals surface area contributed by atoms with Gasteiger partial charge in [-0.2, -0.15) is 0 Å². The molecular weight excluding hydrogens is 170 g/mol. The summed E-state index contributed by atoms with van der Waals surface area (Å²) in [6.07, 6.45) is 2.24. The predicted molar refractivity (Wildman–Crippen MR) is 46.9 cm³/mol. The molecule has 0 aromatic heterocycles. The lowest BCUT2D eigenvalue weighted by Crippen LogP contribution is -2.24. The molecule has 1 heterocycles. The van der Waals surface area contributed by atoms with Crippen LogP contribution in [0.1, 0.15) is 19.3 Å². The quantitative estimate of drug-likeness (QED) is 0.637. The summed E-state index contributed by atoms with van der Waals surface area (Å²) in [6, 6.07) is 0. The van der Waals surface area contributed by atoms with E-state index >= 15 is 0 Å². The molecule has 13 heavy (non-hydrogen) atoms. The Hall–Kier alpha value is -1.32. The van der Waals surface area contributed by atoms with Crippen molar-refractivity contribution in [2.45, 2.75) is 19.3 Å². The van der Waals surface area contributed by atoms with Gasteiger partial charge in [0.15, 0.2) is 0 Å². The number of nitrogens with zero attached hydrogens (tertiary/aromatic N) is 1. The first-order chi connectivity index (χ1) is 6.20. The van der Waals surface area contributed by atoms with Crippen LogP contribution in [-0.2, 0) is 4.79 Å². The van der Waals surface area contributed by atoms with E-state index < -0.39 is 5.97 Å². The predicted octanol–water partition coefficient (Wildman–Crippen LogP) is 1.14. The minimum Gasteiger partial charge on any atom is -0.511 e. The summed E-state index contributed by atoms with van der Waals surface area (Å²) in [6.45, 7) is 0.698. The fraction of sp³-hybridized carbons (Fsp3) is 0.556. The van der Waals surface area contributed by atoms with Gasteiger partial charge in [-0.25, -0.2) is 4.79 Å². The van der Waals surface area contributed by atoms with Crippen LogP contribution in [0, 0.1) is 5.92 Å². The maximum Gasteiger partial charge on any atom is 0.340 e. The monoisotopic (exact) mass is 181 g/mol. The first-order valence-electron chi connectivity index (χ1n) is 4.40. The minimum atomic E-state index is -1.05. The van der Waals surface area contributed by atoms with Gasteiger partial charge in [0, 0.05) is 18.9 Å². The van der Waals surface area contributed by atoms with Crippen LogP contribution in [0.25, 0.3) is 0 Å². The van der Waals surface area contributed by atoms with Crippen molar-refractivity contribution >= 4 is 11.7 Å².